The van der Waals surface area contributed by atoms with Crippen molar-refractivity contribution in [3.05, 3.63) is 41.9 Å². The Hall–Kier alpha value is -2.06. The summed E-state index contributed by atoms with van der Waals surface area (Å²) in [6, 6.07) is 5.77. The van der Waals surface area contributed by atoms with Crippen molar-refractivity contribution >= 4 is 16.0 Å². The molecule has 0 bridgehead atoms. The maximum atomic E-state index is 11.9. The Morgan fingerprint density at radius 2 is 2.16 bits per heavy atom. The molecule has 0 aliphatic heterocycles. The van der Waals surface area contributed by atoms with E-state index in [0.29, 0.717) is 0 Å². The molecule has 0 amide bonds. The monoisotopic (exact) mass is 284 g/mol. The first kappa shape index (κ1) is 13.4. The van der Waals surface area contributed by atoms with E-state index in [9.17, 15) is 13.2 Å². The normalized spacial score (nSPS) is 11.6. The van der Waals surface area contributed by atoms with Crippen LogP contribution in [0.1, 0.15) is 16.2 Å². The summed E-state index contributed by atoms with van der Waals surface area (Å²) in [7, 11) is -2.07. The summed E-state index contributed by atoms with van der Waals surface area (Å²) in [6.45, 7) is 0.0922. The minimum absolute atomic E-state index is 0.0922. The molecule has 2 aromatic heterocycles. The van der Waals surface area contributed by atoms with Crippen LogP contribution in [0.2, 0.25) is 0 Å². The van der Waals surface area contributed by atoms with Gasteiger partial charge >= 0.3 is 5.97 Å². The van der Waals surface area contributed by atoms with Gasteiger partial charge in [-0.3, -0.25) is 0 Å². The van der Waals surface area contributed by atoms with Gasteiger partial charge in [0.1, 0.15) is 0 Å². The summed E-state index contributed by atoms with van der Waals surface area (Å²) in [6.07, 6.45) is 1.79. The van der Waals surface area contributed by atoms with Gasteiger partial charge in [-0.2, -0.15) is 0 Å². The largest absolute Gasteiger partial charge is 0.475 e. The molecular weight excluding hydrogens is 272 g/mol. The smallest absolute Gasteiger partial charge is 0.371 e. The lowest BCUT2D eigenvalue weighted by Gasteiger charge is -2.05. The summed E-state index contributed by atoms with van der Waals surface area (Å²) in [4.78, 5) is 10.6. The van der Waals surface area contributed by atoms with Crippen molar-refractivity contribution in [1.29, 1.82) is 0 Å². The van der Waals surface area contributed by atoms with Crippen molar-refractivity contribution in [2.75, 3.05) is 0 Å². The van der Waals surface area contributed by atoms with E-state index in [1.165, 1.54) is 0 Å². The average molecular weight is 284 g/mol. The maximum Gasteiger partial charge on any atom is 0.371 e. The molecule has 0 fully saturated rings. The van der Waals surface area contributed by atoms with Gasteiger partial charge in [0.2, 0.25) is 10.9 Å². The van der Waals surface area contributed by atoms with Gasteiger partial charge < -0.3 is 14.1 Å². The number of aromatic carboxylic acids is 1. The van der Waals surface area contributed by atoms with Gasteiger partial charge in [-0.15, -0.1) is 0 Å². The van der Waals surface area contributed by atoms with Gasteiger partial charge in [0.15, 0.2) is 0 Å². The number of aryl methyl sites for hydroxylation is 1. The first-order valence-electron chi connectivity index (χ1n) is 5.33. The predicted molar refractivity (Wildman–Crippen MR) is 65.1 cm³/mol. The zero-order valence-electron chi connectivity index (χ0n) is 10.0. The second-order valence-electron chi connectivity index (χ2n) is 3.86. The molecule has 0 unspecified atom stereocenters. The lowest BCUT2D eigenvalue weighted by molar-refractivity contribution is 0.0656. The van der Waals surface area contributed by atoms with Gasteiger partial charge in [0.05, 0.1) is 6.54 Å². The van der Waals surface area contributed by atoms with Crippen molar-refractivity contribution < 1.29 is 22.7 Å². The molecule has 7 nitrogen and oxygen atoms in total. The third kappa shape index (κ3) is 2.85. The lowest BCUT2D eigenvalue weighted by Crippen LogP contribution is -2.23. The number of carbonyl (C=O) groups is 1. The van der Waals surface area contributed by atoms with E-state index in [4.69, 9.17) is 9.52 Å². The molecule has 2 N–H and O–H groups in total. The Labute approximate surface area is 109 Å². The van der Waals surface area contributed by atoms with Crippen LogP contribution >= 0.6 is 0 Å². The molecule has 19 heavy (non-hydrogen) atoms. The first-order valence-corrected chi connectivity index (χ1v) is 6.81. The van der Waals surface area contributed by atoms with Crippen LogP contribution in [0, 0.1) is 0 Å². The summed E-state index contributed by atoms with van der Waals surface area (Å²) < 4.78 is 32.6. The minimum Gasteiger partial charge on any atom is -0.475 e. The quantitative estimate of drug-likeness (QED) is 0.845. The highest BCUT2D eigenvalue weighted by molar-refractivity contribution is 7.89. The zero-order chi connectivity index (χ0) is 14.0. The molecule has 8 heteroatoms. The van der Waals surface area contributed by atoms with Crippen LogP contribution in [-0.2, 0) is 23.6 Å². The fourth-order valence-corrected chi connectivity index (χ4v) is 2.43. The van der Waals surface area contributed by atoms with Crippen LogP contribution in [0.15, 0.2) is 40.0 Å². The van der Waals surface area contributed by atoms with Crippen LogP contribution in [0.25, 0.3) is 0 Å². The zero-order valence-corrected chi connectivity index (χ0v) is 10.8. The second kappa shape index (κ2) is 4.90. The number of nitrogens with zero attached hydrogens (tertiary/aromatic N) is 1. The number of furan rings is 1. The molecule has 0 saturated heterocycles. The van der Waals surface area contributed by atoms with Crippen molar-refractivity contribution in [3.8, 4) is 0 Å². The van der Waals surface area contributed by atoms with E-state index in [1.807, 2.05) is 0 Å². The highest BCUT2D eigenvalue weighted by Gasteiger charge is 2.20. The van der Waals surface area contributed by atoms with Crippen molar-refractivity contribution in [3.63, 3.8) is 0 Å². The summed E-state index contributed by atoms with van der Waals surface area (Å²) >= 11 is 0. The van der Waals surface area contributed by atoms with Gasteiger partial charge in [-0.25, -0.2) is 17.9 Å². The number of hydrogen-bond acceptors (Lipinski definition) is 4. The van der Waals surface area contributed by atoms with Crippen LogP contribution in [-0.4, -0.2) is 24.1 Å². The van der Waals surface area contributed by atoms with Crippen LogP contribution < -0.4 is 4.72 Å². The molecule has 0 aliphatic rings. The fraction of sp³-hybridized carbons (Fsp3) is 0.182. The Morgan fingerprint density at radius 3 is 2.68 bits per heavy atom. The van der Waals surface area contributed by atoms with E-state index in [2.05, 4.69) is 4.72 Å². The van der Waals surface area contributed by atoms with Crippen molar-refractivity contribution in [2.45, 2.75) is 11.6 Å². The molecule has 0 spiro atoms. The van der Waals surface area contributed by atoms with E-state index < -0.39 is 26.8 Å². The standard InChI is InChI=1S/C11H12N2O5S/c1-13-6-2-3-8(13)7-12-19(16,17)10-5-4-9(18-10)11(14)15/h2-6,12H,7H2,1H3,(H,14,15). The minimum atomic E-state index is -3.86. The van der Waals surface area contributed by atoms with Crippen molar-refractivity contribution in [1.82, 2.24) is 9.29 Å². The molecule has 2 aromatic rings. The van der Waals surface area contributed by atoms with Crippen LogP contribution in [0.4, 0.5) is 0 Å². The molecule has 0 atom stereocenters. The van der Waals surface area contributed by atoms with Crippen LogP contribution in [0.5, 0.6) is 0 Å². The lowest BCUT2D eigenvalue weighted by atomic mass is 10.4. The summed E-state index contributed by atoms with van der Waals surface area (Å²) in [5, 5.41) is 8.25. The first-order chi connectivity index (χ1) is 8.90. The number of carboxylic acids is 1. The Bertz CT molecular complexity index is 698. The topological polar surface area (TPSA) is 102 Å². The number of carboxylic acid groups (broad SMARTS) is 1. The van der Waals surface area contributed by atoms with Gasteiger partial charge in [0, 0.05) is 18.9 Å². The van der Waals surface area contributed by atoms with E-state index in [-0.39, 0.29) is 6.54 Å². The molecular formula is C11H12N2O5S. The Kier molecular flexibility index (Phi) is 3.45. The van der Waals surface area contributed by atoms with Crippen molar-refractivity contribution in [2.24, 2.45) is 7.05 Å². The third-order valence-corrected chi connectivity index (χ3v) is 3.83. The molecule has 2 rings (SSSR count). The number of aromatic nitrogens is 1. The highest BCUT2D eigenvalue weighted by Crippen LogP contribution is 2.14. The Balaban J connectivity index is 2.14. The van der Waals surface area contributed by atoms with E-state index >= 15 is 0 Å². The predicted octanol–water partition coefficient (Wildman–Crippen LogP) is 0.795. The van der Waals surface area contributed by atoms with Crippen LogP contribution in [0.3, 0.4) is 0 Å². The van der Waals surface area contributed by atoms with Gasteiger partial charge in [-0.05, 0) is 24.3 Å². The SMILES string of the molecule is Cn1cccc1CNS(=O)(=O)c1ccc(C(=O)O)o1. The van der Waals surface area contributed by atoms with E-state index in [1.54, 1.807) is 29.9 Å². The highest BCUT2D eigenvalue weighted by atomic mass is 32.2. The van der Waals surface area contributed by atoms with Gasteiger partial charge in [-0.1, -0.05) is 0 Å². The summed E-state index contributed by atoms with van der Waals surface area (Å²) in [5.41, 5.74) is 0.772. The molecule has 0 saturated carbocycles. The number of rotatable bonds is 5. The average Bonchev–Trinajstić information content (AvgIpc) is 2.95. The molecule has 0 aromatic carbocycles. The van der Waals surface area contributed by atoms with Gasteiger partial charge in [0.25, 0.3) is 10.0 Å². The number of sulfonamides is 1. The molecule has 0 aliphatic carbocycles. The molecule has 2 heterocycles. The third-order valence-electron chi connectivity index (χ3n) is 2.55. The van der Waals surface area contributed by atoms with E-state index in [0.717, 1.165) is 17.8 Å². The Morgan fingerprint density at radius 1 is 1.42 bits per heavy atom. The molecule has 0 radical (unpaired) electrons. The number of hydrogen-bond donors (Lipinski definition) is 2. The summed E-state index contributed by atoms with van der Waals surface area (Å²) in [5.74, 6) is -1.73. The maximum absolute atomic E-state index is 11.9. The second-order valence-corrected chi connectivity index (χ2v) is 5.56. The number of nitrogens with one attached hydrogen (secondary N) is 1. The molecule has 102 valence electrons. The fourth-order valence-electron chi connectivity index (χ4n) is 1.50.